The highest BCUT2D eigenvalue weighted by molar-refractivity contribution is 6.80. The van der Waals surface area contributed by atoms with Crippen molar-refractivity contribution in [1.82, 2.24) is 0 Å². The fourth-order valence-corrected chi connectivity index (χ4v) is 15.1. The lowest BCUT2D eigenvalue weighted by atomic mass is 9.57. The Bertz CT molecular complexity index is 1280. The largest absolute Gasteiger partial charge is 0.387 e. The van der Waals surface area contributed by atoms with Crippen LogP contribution in [-0.4, -0.2) is 53.2 Å². The molecular formula is C33H47NO5Si. The van der Waals surface area contributed by atoms with Gasteiger partial charge in [0.05, 0.1) is 37.9 Å². The first-order chi connectivity index (χ1) is 18.4. The van der Waals surface area contributed by atoms with Crippen molar-refractivity contribution in [1.29, 1.82) is 5.26 Å². The lowest BCUT2D eigenvalue weighted by molar-refractivity contribution is -0.201. The Labute approximate surface area is 240 Å². The molecule has 0 bridgehead atoms. The lowest BCUT2D eigenvalue weighted by Gasteiger charge is -2.50. The molecule has 0 amide bonds. The van der Waals surface area contributed by atoms with Gasteiger partial charge >= 0.3 is 0 Å². The van der Waals surface area contributed by atoms with E-state index in [1.807, 2.05) is 39.0 Å². The quantitative estimate of drug-likeness (QED) is 0.365. The number of fused-ring (bicyclic) bond motifs is 5. The standard InChI is InChI=1S/C33H47NO5Si/c1-27(2)22-15-23(36-18-20-13-11-10-12-14-20)31(19-34)17-21-16-29(5,35)33(40(7,8)9)32(21,39-33)26-30(6,25(31)24(22)27)38-28(3,4)37-26/h10-14,21-26,35H,15-18H2,1-9H3/t21-,22?,23-,24+,25+,26+,29-,30+,31?,32-,33+/m1/s1. The summed E-state index contributed by atoms with van der Waals surface area (Å²) in [5.41, 5.74) is -2.02. The number of hydrogen-bond donors (Lipinski definition) is 1. The molecule has 6 nitrogen and oxygen atoms in total. The second kappa shape index (κ2) is 7.62. The number of nitrogens with zero attached hydrogens (tertiary/aromatic N) is 1. The van der Waals surface area contributed by atoms with Crippen LogP contribution in [0.4, 0.5) is 0 Å². The number of nitriles is 1. The van der Waals surface area contributed by atoms with Gasteiger partial charge in [-0.25, -0.2) is 0 Å². The number of ether oxygens (including phenoxy) is 4. The highest BCUT2D eigenvalue weighted by Gasteiger charge is 2.95. The molecule has 0 radical (unpaired) electrons. The molecule has 1 N–H and O–H groups in total. The lowest BCUT2D eigenvalue weighted by Crippen LogP contribution is -2.63. The molecule has 7 heteroatoms. The fourth-order valence-electron chi connectivity index (χ4n) is 11.4. The normalized spacial score (nSPS) is 52.7. The predicted octanol–water partition coefficient (Wildman–Crippen LogP) is 5.84. The SMILES string of the molecule is CC1(C)O[C@H]2[C@@](C)(O1)[C@@H]1[C@@H]3C(C[C@@H](OCc4ccccc4)C1(C#N)C[C@H]1C[C@@](C)(O)[C@@]4([Si](C)(C)C)O[C@]124)C3(C)C. The van der Waals surface area contributed by atoms with Crippen molar-refractivity contribution in [3.63, 3.8) is 0 Å². The molecular weight excluding hydrogens is 518 g/mol. The van der Waals surface area contributed by atoms with Gasteiger partial charge in [-0.15, -0.1) is 0 Å². The molecule has 2 aliphatic heterocycles. The van der Waals surface area contributed by atoms with Gasteiger partial charge in [-0.1, -0.05) is 63.8 Å². The maximum absolute atomic E-state index is 12.2. The van der Waals surface area contributed by atoms with Gasteiger partial charge in [-0.2, -0.15) is 5.26 Å². The average molecular weight is 566 g/mol. The van der Waals surface area contributed by atoms with Crippen LogP contribution in [0.2, 0.25) is 19.6 Å². The van der Waals surface area contributed by atoms with Crippen LogP contribution in [0.25, 0.3) is 0 Å². The summed E-state index contributed by atoms with van der Waals surface area (Å²) >= 11 is 0. The number of aliphatic hydroxyl groups is 1. The zero-order valence-electron chi connectivity index (χ0n) is 25.7. The van der Waals surface area contributed by atoms with Gasteiger partial charge in [0.1, 0.15) is 22.5 Å². The summed E-state index contributed by atoms with van der Waals surface area (Å²) in [6.45, 7) is 20.3. The monoisotopic (exact) mass is 565 g/mol. The van der Waals surface area contributed by atoms with Crippen LogP contribution in [0.5, 0.6) is 0 Å². The average Bonchev–Trinajstić information content (AvgIpc) is 3.65. The third-order valence-electron chi connectivity index (χ3n) is 12.5. The second-order valence-corrected chi connectivity index (χ2v) is 21.7. The Hall–Kier alpha value is -1.27. The highest BCUT2D eigenvalue weighted by atomic mass is 28.3. The van der Waals surface area contributed by atoms with Crippen LogP contribution >= 0.6 is 0 Å². The predicted molar refractivity (Wildman–Crippen MR) is 154 cm³/mol. The first-order valence-electron chi connectivity index (χ1n) is 15.3. The topological polar surface area (TPSA) is 84.2 Å². The summed E-state index contributed by atoms with van der Waals surface area (Å²) in [5, 5.41) is 22.9. The Morgan fingerprint density at radius 1 is 1.02 bits per heavy atom. The first-order valence-corrected chi connectivity index (χ1v) is 18.8. The van der Waals surface area contributed by atoms with Crippen molar-refractivity contribution in [3.8, 4) is 6.07 Å². The van der Waals surface area contributed by atoms with Gasteiger partial charge in [0.15, 0.2) is 5.79 Å². The Kier molecular flexibility index (Phi) is 5.25. The van der Waals surface area contributed by atoms with Gasteiger partial charge in [-0.05, 0) is 75.7 Å². The molecule has 40 heavy (non-hydrogen) atoms. The van der Waals surface area contributed by atoms with Crippen LogP contribution in [0, 0.1) is 45.8 Å². The third kappa shape index (κ3) is 3.01. The van der Waals surface area contributed by atoms with Crippen LogP contribution in [0.3, 0.4) is 0 Å². The van der Waals surface area contributed by atoms with Gasteiger partial charge in [0.2, 0.25) is 0 Å². The summed E-state index contributed by atoms with van der Waals surface area (Å²) in [4.78, 5) is 0. The van der Waals surface area contributed by atoms with Gasteiger partial charge in [0, 0.05) is 5.92 Å². The van der Waals surface area contributed by atoms with Crippen molar-refractivity contribution < 1.29 is 24.1 Å². The summed E-state index contributed by atoms with van der Waals surface area (Å²) in [5.74, 6) is -0.119. The molecule has 2 heterocycles. The molecule has 4 saturated carbocycles. The summed E-state index contributed by atoms with van der Waals surface area (Å²) in [6.07, 6.45) is 1.50. The molecule has 0 aromatic heterocycles. The Morgan fingerprint density at radius 2 is 1.70 bits per heavy atom. The number of epoxide rings is 1. The Balaban J connectivity index is 1.42. The van der Waals surface area contributed by atoms with Gasteiger partial charge in [0.25, 0.3) is 0 Å². The summed E-state index contributed by atoms with van der Waals surface area (Å²) < 4.78 is 28.0. The molecule has 218 valence electrons. The van der Waals surface area contributed by atoms with Crippen molar-refractivity contribution in [2.75, 3.05) is 0 Å². The van der Waals surface area contributed by atoms with Crippen LogP contribution in [0.1, 0.15) is 66.4 Å². The third-order valence-corrected chi connectivity index (χ3v) is 15.6. The van der Waals surface area contributed by atoms with Crippen LogP contribution in [-0.2, 0) is 25.6 Å². The van der Waals surface area contributed by atoms with Gasteiger partial charge in [-0.3, -0.25) is 0 Å². The highest BCUT2D eigenvalue weighted by Crippen LogP contribution is 2.82. The van der Waals surface area contributed by atoms with E-state index in [0.29, 0.717) is 31.3 Å². The van der Waals surface area contributed by atoms with Crippen molar-refractivity contribution >= 4 is 8.07 Å². The maximum atomic E-state index is 12.2. The molecule has 11 atom stereocenters. The zero-order chi connectivity index (χ0) is 28.9. The van der Waals surface area contributed by atoms with Crippen LogP contribution < -0.4 is 0 Å². The van der Waals surface area contributed by atoms with Crippen LogP contribution in [0.15, 0.2) is 30.3 Å². The molecule has 6 fully saturated rings. The minimum Gasteiger partial charge on any atom is -0.387 e. The van der Waals surface area contributed by atoms with E-state index in [2.05, 4.69) is 58.6 Å². The van der Waals surface area contributed by atoms with E-state index in [-0.39, 0.29) is 29.5 Å². The molecule has 1 aromatic rings. The van der Waals surface area contributed by atoms with E-state index < -0.39 is 41.3 Å². The van der Waals surface area contributed by atoms with Gasteiger partial charge < -0.3 is 24.1 Å². The minimum atomic E-state index is -2.11. The fraction of sp³-hybridized carbons (Fsp3) is 0.788. The van der Waals surface area contributed by atoms with E-state index in [1.165, 1.54) is 0 Å². The number of benzene rings is 1. The molecule has 4 aliphatic carbocycles. The van der Waals surface area contributed by atoms with E-state index >= 15 is 0 Å². The Morgan fingerprint density at radius 3 is 2.30 bits per heavy atom. The van der Waals surface area contributed by atoms with E-state index in [1.54, 1.807) is 0 Å². The molecule has 2 unspecified atom stereocenters. The van der Waals surface area contributed by atoms with E-state index in [4.69, 9.17) is 18.9 Å². The minimum absolute atomic E-state index is 0.0260. The summed E-state index contributed by atoms with van der Waals surface area (Å²) in [7, 11) is -2.11. The molecule has 6 aliphatic rings. The first kappa shape index (κ1) is 27.6. The molecule has 1 spiro atoms. The van der Waals surface area contributed by atoms with Crippen molar-refractivity contribution in [2.45, 2.75) is 127 Å². The van der Waals surface area contributed by atoms with Crippen molar-refractivity contribution in [3.05, 3.63) is 35.9 Å². The summed E-state index contributed by atoms with van der Waals surface area (Å²) in [6, 6.07) is 13.2. The second-order valence-electron chi connectivity index (χ2n) is 16.5. The van der Waals surface area contributed by atoms with Crippen molar-refractivity contribution in [2.24, 2.45) is 34.5 Å². The van der Waals surface area contributed by atoms with E-state index in [9.17, 15) is 10.4 Å². The maximum Gasteiger partial charge on any atom is 0.164 e. The molecule has 1 aromatic carbocycles. The number of rotatable bonds is 4. The molecule has 2 saturated heterocycles. The molecule has 7 rings (SSSR count). The smallest absolute Gasteiger partial charge is 0.164 e. The number of hydrogen-bond acceptors (Lipinski definition) is 6. The zero-order valence-corrected chi connectivity index (χ0v) is 26.7. The van der Waals surface area contributed by atoms with E-state index in [0.717, 1.165) is 12.0 Å².